The average Bonchev–Trinajstić information content (AvgIpc) is 2.56. The normalized spacial score (nSPS) is 11.6. The van der Waals surface area contributed by atoms with Gasteiger partial charge in [-0.2, -0.15) is 0 Å². The van der Waals surface area contributed by atoms with Gasteiger partial charge in [0.1, 0.15) is 11.9 Å². The number of rotatable bonds is 7. The van der Waals surface area contributed by atoms with Crippen LogP contribution in [0, 0.1) is 15.9 Å². The molecule has 25 heavy (non-hydrogen) atoms. The number of para-hydroxylation sites is 1. The Labute approximate surface area is 142 Å². The molecular formula is C17H16FN3O4. The lowest BCUT2D eigenvalue weighted by atomic mass is 10.0. The summed E-state index contributed by atoms with van der Waals surface area (Å²) in [7, 11) is 0. The largest absolute Gasteiger partial charge is 0.368 e. The van der Waals surface area contributed by atoms with Crippen LogP contribution in [0.1, 0.15) is 11.1 Å². The summed E-state index contributed by atoms with van der Waals surface area (Å²) in [5.41, 5.74) is 6.00. The van der Waals surface area contributed by atoms with Crippen molar-refractivity contribution in [3.05, 3.63) is 75.6 Å². The molecule has 0 bridgehead atoms. The molecule has 0 aromatic heterocycles. The number of halogens is 1. The van der Waals surface area contributed by atoms with Gasteiger partial charge in [0.25, 0.3) is 5.69 Å². The summed E-state index contributed by atoms with van der Waals surface area (Å²) < 4.78 is 12.9. The Kier molecular flexibility index (Phi) is 5.78. The molecule has 0 unspecified atom stereocenters. The number of primary amides is 1. The molecule has 0 radical (unpaired) electrons. The first-order valence-corrected chi connectivity index (χ1v) is 7.42. The van der Waals surface area contributed by atoms with Gasteiger partial charge in [0.15, 0.2) is 0 Å². The van der Waals surface area contributed by atoms with Gasteiger partial charge in [-0.15, -0.1) is 0 Å². The van der Waals surface area contributed by atoms with Crippen LogP contribution in [0.2, 0.25) is 0 Å². The second-order valence-electron chi connectivity index (χ2n) is 5.42. The summed E-state index contributed by atoms with van der Waals surface area (Å²) in [5.74, 6) is -1.71. The van der Waals surface area contributed by atoms with Crippen molar-refractivity contribution in [3.8, 4) is 0 Å². The molecule has 3 N–H and O–H groups in total. The standard InChI is InChI=1S/C17H16FN3O4/c18-13-7-5-11(6-8-13)9-16(22)20-14(17(19)23)10-12-3-1-2-4-15(12)21(24)25/h1-8,14H,9-10H2,(H2,19,23)(H,20,22)/t14-/m0/s1. The van der Waals surface area contributed by atoms with Gasteiger partial charge in [-0.1, -0.05) is 30.3 Å². The number of nitro benzene ring substituents is 1. The van der Waals surface area contributed by atoms with Crippen molar-refractivity contribution in [1.29, 1.82) is 0 Å². The maximum Gasteiger partial charge on any atom is 0.272 e. The van der Waals surface area contributed by atoms with Crippen LogP contribution in [0.15, 0.2) is 48.5 Å². The molecule has 7 nitrogen and oxygen atoms in total. The first-order chi connectivity index (χ1) is 11.9. The maximum absolute atomic E-state index is 12.9. The van der Waals surface area contributed by atoms with Crippen LogP contribution >= 0.6 is 0 Å². The lowest BCUT2D eigenvalue weighted by Gasteiger charge is -2.15. The monoisotopic (exact) mass is 345 g/mol. The molecule has 2 aromatic carbocycles. The van der Waals surface area contributed by atoms with Gasteiger partial charge in [-0.3, -0.25) is 19.7 Å². The molecule has 0 saturated carbocycles. The van der Waals surface area contributed by atoms with Crippen LogP contribution in [-0.4, -0.2) is 22.8 Å². The molecule has 0 aliphatic heterocycles. The fraction of sp³-hybridized carbons (Fsp3) is 0.176. The van der Waals surface area contributed by atoms with E-state index in [2.05, 4.69) is 5.32 Å². The van der Waals surface area contributed by atoms with Crippen molar-refractivity contribution in [3.63, 3.8) is 0 Å². The van der Waals surface area contributed by atoms with E-state index in [1.165, 1.54) is 42.5 Å². The van der Waals surface area contributed by atoms with E-state index in [0.717, 1.165) is 0 Å². The average molecular weight is 345 g/mol. The predicted molar refractivity (Wildman–Crippen MR) is 88.0 cm³/mol. The number of benzene rings is 2. The van der Waals surface area contributed by atoms with Crippen molar-refractivity contribution < 1.29 is 18.9 Å². The number of hydrogen-bond acceptors (Lipinski definition) is 4. The molecule has 0 aliphatic carbocycles. The van der Waals surface area contributed by atoms with E-state index >= 15 is 0 Å². The van der Waals surface area contributed by atoms with Crippen LogP contribution in [-0.2, 0) is 22.4 Å². The highest BCUT2D eigenvalue weighted by Gasteiger charge is 2.23. The number of nitrogens with zero attached hydrogens (tertiary/aromatic N) is 1. The third-order valence-corrected chi connectivity index (χ3v) is 3.57. The summed E-state index contributed by atoms with van der Waals surface area (Å²) in [6.07, 6.45) is -0.164. The molecule has 1 atom stereocenters. The number of nitrogens with two attached hydrogens (primary N) is 1. The summed E-state index contributed by atoms with van der Waals surface area (Å²) >= 11 is 0. The number of hydrogen-bond donors (Lipinski definition) is 2. The predicted octanol–water partition coefficient (Wildman–Crippen LogP) is 1.49. The zero-order valence-electron chi connectivity index (χ0n) is 13.1. The van der Waals surface area contributed by atoms with Crippen molar-refractivity contribution in [2.75, 3.05) is 0 Å². The van der Waals surface area contributed by atoms with Crippen molar-refractivity contribution in [2.45, 2.75) is 18.9 Å². The number of carbonyl (C=O) groups is 2. The Bertz CT molecular complexity index is 793. The first kappa shape index (κ1) is 18.1. The Balaban J connectivity index is 2.08. The quantitative estimate of drug-likeness (QED) is 0.584. The molecule has 130 valence electrons. The number of carbonyl (C=O) groups excluding carboxylic acids is 2. The summed E-state index contributed by atoms with van der Waals surface area (Å²) in [5, 5.41) is 13.5. The molecule has 0 spiro atoms. The van der Waals surface area contributed by atoms with Crippen LogP contribution in [0.5, 0.6) is 0 Å². The minimum atomic E-state index is -1.09. The van der Waals surface area contributed by atoms with Gasteiger partial charge >= 0.3 is 0 Å². The number of nitrogens with one attached hydrogen (secondary N) is 1. The Morgan fingerprint density at radius 3 is 2.40 bits per heavy atom. The zero-order chi connectivity index (χ0) is 18.4. The van der Waals surface area contributed by atoms with Crippen molar-refractivity contribution in [1.82, 2.24) is 5.32 Å². The van der Waals surface area contributed by atoms with Gasteiger partial charge in [0.2, 0.25) is 11.8 Å². The molecule has 0 fully saturated rings. The van der Waals surface area contributed by atoms with Crippen LogP contribution < -0.4 is 11.1 Å². The van der Waals surface area contributed by atoms with Gasteiger partial charge in [0.05, 0.1) is 11.3 Å². The molecule has 8 heteroatoms. The SMILES string of the molecule is NC(=O)[C@H](Cc1ccccc1[N+](=O)[O-])NC(=O)Cc1ccc(F)cc1. The fourth-order valence-electron chi connectivity index (χ4n) is 2.34. The topological polar surface area (TPSA) is 115 Å². The summed E-state index contributed by atoms with van der Waals surface area (Å²) in [4.78, 5) is 34.2. The minimum Gasteiger partial charge on any atom is -0.368 e. The van der Waals surface area contributed by atoms with E-state index in [1.54, 1.807) is 6.07 Å². The smallest absolute Gasteiger partial charge is 0.272 e. The lowest BCUT2D eigenvalue weighted by molar-refractivity contribution is -0.385. The van der Waals surface area contributed by atoms with Gasteiger partial charge in [-0.05, 0) is 17.7 Å². The van der Waals surface area contributed by atoms with Crippen molar-refractivity contribution in [2.24, 2.45) is 5.73 Å². The van der Waals surface area contributed by atoms with E-state index < -0.39 is 28.6 Å². The maximum atomic E-state index is 12.9. The highest BCUT2D eigenvalue weighted by atomic mass is 19.1. The van der Waals surface area contributed by atoms with E-state index in [1.807, 2.05) is 0 Å². The lowest BCUT2D eigenvalue weighted by Crippen LogP contribution is -2.46. The van der Waals surface area contributed by atoms with Crippen LogP contribution in [0.4, 0.5) is 10.1 Å². The molecule has 2 amide bonds. The molecule has 0 aliphatic rings. The highest BCUT2D eigenvalue weighted by molar-refractivity contribution is 5.87. The Morgan fingerprint density at radius 2 is 1.80 bits per heavy atom. The van der Waals surface area contributed by atoms with Gasteiger partial charge in [0, 0.05) is 18.1 Å². The number of nitro groups is 1. The molecule has 0 heterocycles. The van der Waals surface area contributed by atoms with Crippen LogP contribution in [0.3, 0.4) is 0 Å². The molecule has 2 rings (SSSR count). The molecule has 2 aromatic rings. The third kappa shape index (κ3) is 5.10. The fourth-order valence-corrected chi connectivity index (χ4v) is 2.34. The zero-order valence-corrected chi connectivity index (χ0v) is 13.1. The third-order valence-electron chi connectivity index (χ3n) is 3.57. The van der Waals surface area contributed by atoms with E-state index in [9.17, 15) is 24.1 Å². The summed E-state index contributed by atoms with van der Waals surface area (Å²) in [6, 6.07) is 10.2. The van der Waals surface area contributed by atoms with Crippen molar-refractivity contribution >= 4 is 17.5 Å². The minimum absolute atomic E-state index is 0.0685. The Hall–Kier alpha value is -3.29. The molecule has 0 saturated heterocycles. The molecular weight excluding hydrogens is 329 g/mol. The van der Waals surface area contributed by atoms with Crippen LogP contribution in [0.25, 0.3) is 0 Å². The Morgan fingerprint density at radius 1 is 1.16 bits per heavy atom. The second-order valence-corrected chi connectivity index (χ2v) is 5.42. The van der Waals surface area contributed by atoms with E-state index in [-0.39, 0.29) is 18.5 Å². The van der Waals surface area contributed by atoms with Gasteiger partial charge in [-0.25, -0.2) is 4.39 Å². The van der Waals surface area contributed by atoms with Gasteiger partial charge < -0.3 is 11.1 Å². The van der Waals surface area contributed by atoms with E-state index in [0.29, 0.717) is 11.1 Å². The van der Waals surface area contributed by atoms with E-state index in [4.69, 9.17) is 5.73 Å². The summed E-state index contributed by atoms with van der Waals surface area (Å²) in [6.45, 7) is 0. The first-order valence-electron chi connectivity index (χ1n) is 7.42. The number of amides is 2. The highest BCUT2D eigenvalue weighted by Crippen LogP contribution is 2.19. The second kappa shape index (κ2) is 8.00.